The summed E-state index contributed by atoms with van der Waals surface area (Å²) < 4.78 is 12.2. The molecule has 152 valence electrons. The van der Waals surface area contributed by atoms with Gasteiger partial charge in [0.25, 0.3) is 11.8 Å². The zero-order valence-electron chi connectivity index (χ0n) is 16.8. The van der Waals surface area contributed by atoms with Gasteiger partial charge in [-0.3, -0.25) is 9.59 Å². The average molecular weight is 389 g/mol. The largest absolute Gasteiger partial charge is 0.383 e. The van der Waals surface area contributed by atoms with Gasteiger partial charge in [0.05, 0.1) is 18.3 Å². The van der Waals surface area contributed by atoms with Crippen LogP contribution in [0.15, 0.2) is 10.7 Å². The molecule has 1 atom stereocenters. The van der Waals surface area contributed by atoms with E-state index >= 15 is 0 Å². The molecular formula is C19H27N5O4. The minimum absolute atomic E-state index is 0.102. The van der Waals surface area contributed by atoms with Crippen molar-refractivity contribution in [1.29, 1.82) is 0 Å². The van der Waals surface area contributed by atoms with Crippen LogP contribution in [0.25, 0.3) is 0 Å². The summed E-state index contributed by atoms with van der Waals surface area (Å²) in [5, 5.41) is 6.75. The SMILES string of the molecule is CCCc1onc(C)c1C(=O)N1CCn2cc(C(=O)NCCOC)nc2[C@H]1C. The van der Waals surface area contributed by atoms with Crippen LogP contribution < -0.4 is 5.32 Å². The molecule has 2 amide bonds. The normalized spacial score (nSPS) is 16.1. The summed E-state index contributed by atoms with van der Waals surface area (Å²) in [6, 6.07) is -0.259. The Labute approximate surface area is 164 Å². The molecule has 3 heterocycles. The van der Waals surface area contributed by atoms with E-state index in [4.69, 9.17) is 9.26 Å². The summed E-state index contributed by atoms with van der Waals surface area (Å²) in [4.78, 5) is 31.7. The molecule has 1 aliphatic heterocycles. The van der Waals surface area contributed by atoms with Crippen molar-refractivity contribution in [2.45, 2.75) is 46.2 Å². The minimum Gasteiger partial charge on any atom is -0.383 e. The standard InChI is InChI=1S/C19H27N5O4/c1-5-6-15-16(12(2)22-28-15)19(26)24-9-8-23-11-14(21-17(23)13(24)3)18(25)20-7-10-27-4/h11,13H,5-10H2,1-4H3,(H,20,25)/t13-/m1/s1. The van der Waals surface area contributed by atoms with Gasteiger partial charge in [-0.1, -0.05) is 12.1 Å². The van der Waals surface area contributed by atoms with E-state index in [2.05, 4.69) is 15.5 Å². The number of ether oxygens (including phenoxy) is 1. The molecule has 28 heavy (non-hydrogen) atoms. The van der Waals surface area contributed by atoms with Crippen LogP contribution in [-0.2, 0) is 17.7 Å². The quantitative estimate of drug-likeness (QED) is 0.724. The maximum atomic E-state index is 13.2. The van der Waals surface area contributed by atoms with E-state index in [1.54, 1.807) is 25.1 Å². The van der Waals surface area contributed by atoms with Gasteiger partial charge in [0.15, 0.2) is 0 Å². The highest BCUT2D eigenvalue weighted by Crippen LogP contribution is 2.28. The Morgan fingerprint density at radius 3 is 2.89 bits per heavy atom. The fourth-order valence-electron chi connectivity index (χ4n) is 3.47. The van der Waals surface area contributed by atoms with Gasteiger partial charge in [-0.15, -0.1) is 0 Å². The van der Waals surface area contributed by atoms with Crippen LogP contribution in [0.2, 0.25) is 0 Å². The Morgan fingerprint density at radius 2 is 2.18 bits per heavy atom. The second kappa shape index (κ2) is 8.55. The molecule has 0 bridgehead atoms. The van der Waals surface area contributed by atoms with Gasteiger partial charge >= 0.3 is 0 Å². The van der Waals surface area contributed by atoms with Gasteiger partial charge in [0, 0.05) is 39.4 Å². The Hall–Kier alpha value is -2.68. The molecule has 1 aliphatic rings. The number of hydrogen-bond donors (Lipinski definition) is 1. The first kappa shape index (κ1) is 20.1. The topological polar surface area (TPSA) is 102 Å². The third-order valence-corrected chi connectivity index (χ3v) is 4.94. The smallest absolute Gasteiger partial charge is 0.271 e. The first-order valence-electron chi connectivity index (χ1n) is 9.58. The number of carbonyl (C=O) groups excluding carboxylic acids is 2. The van der Waals surface area contributed by atoms with Crippen molar-refractivity contribution in [3.05, 3.63) is 34.7 Å². The fraction of sp³-hybridized carbons (Fsp3) is 0.579. The summed E-state index contributed by atoms with van der Waals surface area (Å²) in [7, 11) is 1.58. The predicted octanol–water partition coefficient (Wildman–Crippen LogP) is 1.73. The van der Waals surface area contributed by atoms with Crippen molar-refractivity contribution >= 4 is 11.8 Å². The second-order valence-electron chi connectivity index (χ2n) is 6.92. The number of imidazole rings is 1. The number of nitrogens with one attached hydrogen (secondary N) is 1. The third-order valence-electron chi connectivity index (χ3n) is 4.94. The van der Waals surface area contributed by atoms with Crippen molar-refractivity contribution in [2.75, 3.05) is 26.8 Å². The summed E-state index contributed by atoms with van der Waals surface area (Å²) in [5.41, 5.74) is 1.50. The summed E-state index contributed by atoms with van der Waals surface area (Å²) in [6.45, 7) is 7.71. The second-order valence-corrected chi connectivity index (χ2v) is 6.92. The van der Waals surface area contributed by atoms with E-state index in [-0.39, 0.29) is 17.9 Å². The predicted molar refractivity (Wildman–Crippen MR) is 101 cm³/mol. The first-order chi connectivity index (χ1) is 13.5. The van der Waals surface area contributed by atoms with Crippen LogP contribution in [0, 0.1) is 6.92 Å². The van der Waals surface area contributed by atoms with Gasteiger partial charge in [0.1, 0.15) is 22.8 Å². The Bertz CT molecular complexity index is 857. The van der Waals surface area contributed by atoms with Gasteiger partial charge in [-0.05, 0) is 20.3 Å². The number of nitrogens with zero attached hydrogens (tertiary/aromatic N) is 4. The number of hydrogen-bond acceptors (Lipinski definition) is 6. The van der Waals surface area contributed by atoms with Crippen LogP contribution in [0.1, 0.15) is 64.4 Å². The molecule has 0 saturated carbocycles. The molecule has 9 nitrogen and oxygen atoms in total. The lowest BCUT2D eigenvalue weighted by Gasteiger charge is -2.33. The van der Waals surface area contributed by atoms with Crippen molar-refractivity contribution < 1.29 is 18.8 Å². The third kappa shape index (κ3) is 3.80. The zero-order chi connectivity index (χ0) is 20.3. The molecule has 9 heteroatoms. The van der Waals surface area contributed by atoms with Crippen LogP contribution in [0.4, 0.5) is 0 Å². The van der Waals surface area contributed by atoms with Crippen molar-refractivity contribution in [3.63, 3.8) is 0 Å². The fourth-order valence-corrected chi connectivity index (χ4v) is 3.47. The first-order valence-corrected chi connectivity index (χ1v) is 9.58. The van der Waals surface area contributed by atoms with E-state index in [0.29, 0.717) is 61.2 Å². The van der Waals surface area contributed by atoms with Crippen molar-refractivity contribution in [3.8, 4) is 0 Å². The highest BCUT2D eigenvalue weighted by atomic mass is 16.5. The summed E-state index contributed by atoms with van der Waals surface area (Å²) in [6.07, 6.45) is 3.28. The molecule has 2 aromatic heterocycles. The van der Waals surface area contributed by atoms with E-state index in [0.717, 1.165) is 6.42 Å². The molecule has 0 unspecified atom stereocenters. The molecule has 0 spiro atoms. The number of amides is 2. The molecule has 3 rings (SSSR count). The maximum absolute atomic E-state index is 13.2. The van der Waals surface area contributed by atoms with E-state index in [1.165, 1.54) is 0 Å². The Balaban J connectivity index is 1.79. The number of rotatable bonds is 7. The van der Waals surface area contributed by atoms with Crippen LogP contribution >= 0.6 is 0 Å². The monoisotopic (exact) mass is 389 g/mol. The van der Waals surface area contributed by atoms with Gasteiger partial charge in [-0.25, -0.2) is 4.98 Å². The van der Waals surface area contributed by atoms with Crippen LogP contribution in [0.5, 0.6) is 0 Å². The number of aryl methyl sites for hydroxylation is 2. The van der Waals surface area contributed by atoms with E-state index < -0.39 is 0 Å². The Kier molecular flexibility index (Phi) is 6.13. The van der Waals surface area contributed by atoms with Crippen LogP contribution in [-0.4, -0.2) is 58.2 Å². The maximum Gasteiger partial charge on any atom is 0.271 e. The molecule has 0 fully saturated rings. The summed E-state index contributed by atoms with van der Waals surface area (Å²) >= 11 is 0. The number of fused-ring (bicyclic) bond motifs is 1. The number of carbonyl (C=O) groups is 2. The average Bonchev–Trinajstić information content (AvgIpc) is 3.26. The summed E-state index contributed by atoms with van der Waals surface area (Å²) in [5.74, 6) is 0.978. The number of aromatic nitrogens is 3. The molecule has 0 aromatic carbocycles. The van der Waals surface area contributed by atoms with Crippen molar-refractivity contribution in [2.24, 2.45) is 0 Å². The lowest BCUT2D eigenvalue weighted by molar-refractivity contribution is 0.0634. The Morgan fingerprint density at radius 1 is 1.39 bits per heavy atom. The molecular weight excluding hydrogens is 362 g/mol. The molecule has 2 aromatic rings. The zero-order valence-corrected chi connectivity index (χ0v) is 16.8. The lowest BCUT2D eigenvalue weighted by atomic mass is 10.1. The molecule has 1 N–H and O–H groups in total. The minimum atomic E-state index is -0.259. The van der Waals surface area contributed by atoms with Crippen LogP contribution in [0.3, 0.4) is 0 Å². The van der Waals surface area contributed by atoms with Gasteiger partial charge < -0.3 is 24.0 Å². The van der Waals surface area contributed by atoms with E-state index in [1.807, 2.05) is 18.4 Å². The molecule has 0 saturated heterocycles. The number of methoxy groups -OCH3 is 1. The van der Waals surface area contributed by atoms with Crippen molar-refractivity contribution in [1.82, 2.24) is 24.9 Å². The van der Waals surface area contributed by atoms with Gasteiger partial charge in [-0.2, -0.15) is 0 Å². The molecule has 0 radical (unpaired) electrons. The molecule has 0 aliphatic carbocycles. The van der Waals surface area contributed by atoms with E-state index in [9.17, 15) is 9.59 Å². The highest BCUT2D eigenvalue weighted by Gasteiger charge is 2.34. The lowest BCUT2D eigenvalue weighted by Crippen LogP contribution is -2.41. The highest BCUT2D eigenvalue weighted by molar-refractivity contribution is 5.96. The van der Waals surface area contributed by atoms with Gasteiger partial charge in [0.2, 0.25) is 0 Å².